The minimum Gasteiger partial charge on any atom is -0.493 e. The maximum absolute atomic E-state index is 11.8. The standard InChI is InChI=1S/C14H16N2O2S/c17-13-12(11-6-7-11)15-14(18)16(13)9-19-8-10-4-2-1-3-5-10/h1-5,11,17H,6-9H2,(H,15,18). The smallest absolute Gasteiger partial charge is 0.329 e. The second-order valence-corrected chi connectivity index (χ2v) is 5.79. The number of rotatable bonds is 5. The summed E-state index contributed by atoms with van der Waals surface area (Å²) in [6.07, 6.45) is 2.12. The molecule has 2 N–H and O–H groups in total. The predicted molar refractivity (Wildman–Crippen MR) is 76.4 cm³/mol. The Morgan fingerprint density at radius 3 is 2.74 bits per heavy atom. The average Bonchev–Trinajstić information content (AvgIpc) is 3.22. The van der Waals surface area contributed by atoms with E-state index in [1.807, 2.05) is 18.2 Å². The number of nitrogens with one attached hydrogen (secondary N) is 1. The first-order valence-corrected chi connectivity index (χ1v) is 7.54. The van der Waals surface area contributed by atoms with E-state index in [1.165, 1.54) is 10.1 Å². The van der Waals surface area contributed by atoms with Crippen molar-refractivity contribution in [2.24, 2.45) is 0 Å². The number of aromatic nitrogens is 2. The molecule has 1 aliphatic rings. The third kappa shape index (κ3) is 2.71. The monoisotopic (exact) mass is 276 g/mol. The van der Waals surface area contributed by atoms with Gasteiger partial charge in [0.05, 0.1) is 11.6 Å². The molecule has 1 aromatic heterocycles. The average molecular weight is 276 g/mol. The van der Waals surface area contributed by atoms with Crippen LogP contribution in [0.3, 0.4) is 0 Å². The Morgan fingerprint density at radius 1 is 1.32 bits per heavy atom. The molecule has 1 saturated carbocycles. The Hall–Kier alpha value is -1.62. The van der Waals surface area contributed by atoms with E-state index >= 15 is 0 Å². The summed E-state index contributed by atoms with van der Waals surface area (Å²) in [5, 5.41) is 10.0. The fraction of sp³-hybridized carbons (Fsp3) is 0.357. The van der Waals surface area contributed by atoms with Gasteiger partial charge in [0.2, 0.25) is 5.88 Å². The summed E-state index contributed by atoms with van der Waals surface area (Å²) in [7, 11) is 0. The van der Waals surface area contributed by atoms with Crippen molar-refractivity contribution in [2.45, 2.75) is 30.4 Å². The van der Waals surface area contributed by atoms with Gasteiger partial charge in [-0.1, -0.05) is 30.3 Å². The van der Waals surface area contributed by atoms with Crippen LogP contribution in [0.25, 0.3) is 0 Å². The number of thioether (sulfide) groups is 1. The van der Waals surface area contributed by atoms with Gasteiger partial charge in [0.1, 0.15) is 0 Å². The van der Waals surface area contributed by atoms with Crippen LogP contribution in [-0.2, 0) is 11.6 Å². The highest BCUT2D eigenvalue weighted by Crippen LogP contribution is 2.42. The SMILES string of the molecule is O=c1[nH]c(C2CC2)c(O)n1CSCc1ccccc1. The molecule has 100 valence electrons. The lowest BCUT2D eigenvalue weighted by Crippen LogP contribution is -2.15. The van der Waals surface area contributed by atoms with Crippen molar-refractivity contribution in [1.29, 1.82) is 0 Å². The molecule has 0 radical (unpaired) electrons. The molecule has 0 saturated heterocycles. The molecule has 0 spiro atoms. The van der Waals surface area contributed by atoms with E-state index in [0.29, 0.717) is 17.5 Å². The molecular formula is C14H16N2O2S. The van der Waals surface area contributed by atoms with Gasteiger partial charge in [-0.25, -0.2) is 4.79 Å². The summed E-state index contributed by atoms with van der Waals surface area (Å²) in [6.45, 7) is 0. The van der Waals surface area contributed by atoms with Crippen LogP contribution in [0.4, 0.5) is 0 Å². The summed E-state index contributed by atoms with van der Waals surface area (Å²) < 4.78 is 1.42. The van der Waals surface area contributed by atoms with Gasteiger partial charge in [-0.3, -0.25) is 4.57 Å². The Bertz CT molecular complexity index is 614. The lowest BCUT2D eigenvalue weighted by molar-refractivity contribution is 0.422. The molecule has 0 atom stereocenters. The van der Waals surface area contributed by atoms with Crippen LogP contribution in [0.15, 0.2) is 35.1 Å². The summed E-state index contributed by atoms with van der Waals surface area (Å²) in [4.78, 5) is 14.5. The van der Waals surface area contributed by atoms with Gasteiger partial charge in [-0.15, -0.1) is 11.8 Å². The largest absolute Gasteiger partial charge is 0.493 e. The van der Waals surface area contributed by atoms with Crippen LogP contribution in [-0.4, -0.2) is 14.7 Å². The van der Waals surface area contributed by atoms with Gasteiger partial charge in [-0.2, -0.15) is 0 Å². The van der Waals surface area contributed by atoms with E-state index in [4.69, 9.17) is 0 Å². The maximum atomic E-state index is 11.8. The topological polar surface area (TPSA) is 58.0 Å². The van der Waals surface area contributed by atoms with Crippen LogP contribution >= 0.6 is 11.8 Å². The van der Waals surface area contributed by atoms with E-state index in [1.54, 1.807) is 11.8 Å². The Balaban J connectivity index is 1.65. The molecule has 19 heavy (non-hydrogen) atoms. The summed E-state index contributed by atoms with van der Waals surface area (Å²) in [6, 6.07) is 10.1. The van der Waals surface area contributed by atoms with Crippen LogP contribution in [0.5, 0.6) is 5.88 Å². The number of aromatic hydroxyl groups is 1. The fourth-order valence-electron chi connectivity index (χ4n) is 2.09. The first-order valence-electron chi connectivity index (χ1n) is 6.39. The van der Waals surface area contributed by atoms with Gasteiger partial charge in [0.15, 0.2) is 0 Å². The molecule has 0 amide bonds. The van der Waals surface area contributed by atoms with Gasteiger partial charge in [0.25, 0.3) is 0 Å². The van der Waals surface area contributed by atoms with E-state index in [2.05, 4.69) is 17.1 Å². The predicted octanol–water partition coefficient (Wildman–Crippen LogP) is 2.65. The normalized spacial score (nSPS) is 14.7. The van der Waals surface area contributed by atoms with Crippen molar-refractivity contribution in [2.75, 3.05) is 0 Å². The molecule has 0 unspecified atom stereocenters. The third-order valence-corrected chi connectivity index (χ3v) is 4.28. The molecule has 5 heteroatoms. The molecule has 3 rings (SSSR count). The van der Waals surface area contributed by atoms with E-state index < -0.39 is 0 Å². The highest BCUT2D eigenvalue weighted by atomic mass is 32.2. The van der Waals surface area contributed by atoms with Crippen LogP contribution < -0.4 is 5.69 Å². The molecule has 2 aromatic rings. The number of nitrogens with zero attached hydrogens (tertiary/aromatic N) is 1. The molecule has 0 bridgehead atoms. The van der Waals surface area contributed by atoms with Crippen molar-refractivity contribution in [3.63, 3.8) is 0 Å². The highest BCUT2D eigenvalue weighted by molar-refractivity contribution is 7.97. The number of H-pyrrole nitrogens is 1. The number of hydrogen-bond acceptors (Lipinski definition) is 3. The van der Waals surface area contributed by atoms with Crippen LogP contribution in [0.1, 0.15) is 30.0 Å². The van der Waals surface area contributed by atoms with Gasteiger partial charge in [0, 0.05) is 11.7 Å². The maximum Gasteiger partial charge on any atom is 0.329 e. The second-order valence-electron chi connectivity index (χ2n) is 4.83. The number of aromatic amines is 1. The molecule has 1 fully saturated rings. The van der Waals surface area contributed by atoms with Gasteiger partial charge < -0.3 is 10.1 Å². The van der Waals surface area contributed by atoms with E-state index in [9.17, 15) is 9.90 Å². The Kier molecular flexibility index (Phi) is 3.38. The minimum atomic E-state index is -0.208. The van der Waals surface area contributed by atoms with Crippen molar-refractivity contribution in [1.82, 2.24) is 9.55 Å². The van der Waals surface area contributed by atoms with Crippen LogP contribution in [0, 0.1) is 0 Å². The number of imidazole rings is 1. The third-order valence-electron chi connectivity index (χ3n) is 3.30. The zero-order valence-electron chi connectivity index (χ0n) is 10.5. The Labute approximate surface area is 115 Å². The van der Waals surface area contributed by atoms with E-state index in [-0.39, 0.29) is 11.6 Å². The summed E-state index contributed by atoms with van der Waals surface area (Å²) >= 11 is 1.62. The lowest BCUT2D eigenvalue weighted by atomic mass is 10.2. The van der Waals surface area contributed by atoms with Crippen molar-refractivity contribution in [3.05, 3.63) is 52.1 Å². The van der Waals surface area contributed by atoms with Gasteiger partial charge in [-0.05, 0) is 18.4 Å². The first kappa shape index (κ1) is 12.4. The first-order chi connectivity index (χ1) is 9.25. The highest BCUT2D eigenvalue weighted by Gasteiger charge is 2.30. The minimum absolute atomic E-state index is 0.119. The van der Waals surface area contributed by atoms with E-state index in [0.717, 1.165) is 18.6 Å². The molecule has 4 nitrogen and oxygen atoms in total. The Morgan fingerprint density at radius 2 is 2.05 bits per heavy atom. The molecule has 0 aliphatic heterocycles. The van der Waals surface area contributed by atoms with Crippen molar-refractivity contribution in [3.8, 4) is 5.88 Å². The lowest BCUT2D eigenvalue weighted by Gasteiger charge is -2.04. The molecule has 1 aliphatic carbocycles. The number of benzene rings is 1. The number of hydrogen-bond donors (Lipinski definition) is 2. The zero-order valence-corrected chi connectivity index (χ0v) is 11.3. The molecule has 1 heterocycles. The van der Waals surface area contributed by atoms with Crippen molar-refractivity contribution < 1.29 is 5.11 Å². The molecular weight excluding hydrogens is 260 g/mol. The summed E-state index contributed by atoms with van der Waals surface area (Å²) in [5.74, 6) is 1.78. The zero-order chi connectivity index (χ0) is 13.2. The second kappa shape index (κ2) is 5.17. The van der Waals surface area contributed by atoms with Crippen molar-refractivity contribution >= 4 is 11.8 Å². The molecule has 1 aromatic carbocycles. The van der Waals surface area contributed by atoms with Crippen LogP contribution in [0.2, 0.25) is 0 Å². The summed E-state index contributed by atoms with van der Waals surface area (Å²) in [5.41, 5.74) is 1.73. The fourth-order valence-corrected chi connectivity index (χ4v) is 3.03. The van der Waals surface area contributed by atoms with Gasteiger partial charge >= 0.3 is 5.69 Å². The quantitative estimate of drug-likeness (QED) is 0.882.